The smallest absolute Gasteiger partial charge is 0.0153 e. The maximum absolute atomic E-state index is 3.65. The van der Waals surface area contributed by atoms with E-state index in [1.165, 1.54) is 26.2 Å². The molecule has 0 unspecified atom stereocenters. The van der Waals surface area contributed by atoms with E-state index in [4.69, 9.17) is 0 Å². The molecule has 0 aromatic rings. The topological polar surface area (TPSA) is 15.3 Å². The SMILES string of the molecule is CC1(C)CNCCN(C2C3CC4CC(C3)CC2C4)C1. The van der Waals surface area contributed by atoms with Crippen molar-refractivity contribution in [2.75, 3.05) is 26.2 Å². The monoisotopic (exact) mass is 262 g/mol. The summed E-state index contributed by atoms with van der Waals surface area (Å²) in [5, 5.41) is 3.65. The Labute approximate surface area is 118 Å². The minimum atomic E-state index is 0.450. The van der Waals surface area contributed by atoms with Crippen LogP contribution in [0, 0.1) is 29.1 Å². The summed E-state index contributed by atoms with van der Waals surface area (Å²) in [4.78, 5) is 2.90. The molecule has 5 rings (SSSR count). The van der Waals surface area contributed by atoms with Gasteiger partial charge in [-0.2, -0.15) is 0 Å². The van der Waals surface area contributed by atoms with Crippen molar-refractivity contribution in [2.45, 2.75) is 52.0 Å². The van der Waals surface area contributed by atoms with E-state index in [1.54, 1.807) is 32.1 Å². The molecule has 1 saturated heterocycles. The Balaban J connectivity index is 1.55. The van der Waals surface area contributed by atoms with E-state index in [2.05, 4.69) is 24.1 Å². The summed E-state index contributed by atoms with van der Waals surface area (Å²) in [6.07, 6.45) is 7.81. The van der Waals surface area contributed by atoms with Crippen LogP contribution in [0.5, 0.6) is 0 Å². The third-order valence-corrected chi connectivity index (χ3v) is 6.41. The molecule has 2 nitrogen and oxygen atoms in total. The number of nitrogens with one attached hydrogen (secondary N) is 1. The number of nitrogens with zero attached hydrogens (tertiary/aromatic N) is 1. The van der Waals surface area contributed by atoms with Crippen LogP contribution in [0.15, 0.2) is 0 Å². The molecule has 5 fully saturated rings. The highest BCUT2D eigenvalue weighted by atomic mass is 15.2. The van der Waals surface area contributed by atoms with Gasteiger partial charge in [0.2, 0.25) is 0 Å². The van der Waals surface area contributed by atoms with E-state index in [0.29, 0.717) is 5.41 Å². The molecule has 19 heavy (non-hydrogen) atoms. The lowest BCUT2D eigenvalue weighted by Crippen LogP contribution is -2.57. The van der Waals surface area contributed by atoms with E-state index in [0.717, 1.165) is 29.7 Å². The van der Waals surface area contributed by atoms with E-state index in [1.807, 2.05) is 0 Å². The Morgan fingerprint density at radius 3 is 2.21 bits per heavy atom. The molecule has 2 heteroatoms. The fraction of sp³-hybridized carbons (Fsp3) is 1.00. The molecule has 0 aromatic heterocycles. The van der Waals surface area contributed by atoms with Gasteiger partial charge in [0.05, 0.1) is 0 Å². The molecular weight excluding hydrogens is 232 g/mol. The first-order valence-electron chi connectivity index (χ1n) is 8.55. The predicted molar refractivity (Wildman–Crippen MR) is 79.1 cm³/mol. The first-order valence-corrected chi connectivity index (χ1v) is 8.55. The van der Waals surface area contributed by atoms with Crippen molar-refractivity contribution < 1.29 is 0 Å². The van der Waals surface area contributed by atoms with Gasteiger partial charge in [0, 0.05) is 32.2 Å². The van der Waals surface area contributed by atoms with Gasteiger partial charge in [0.15, 0.2) is 0 Å². The van der Waals surface area contributed by atoms with E-state index < -0.39 is 0 Å². The highest BCUT2D eigenvalue weighted by Gasteiger charge is 2.50. The molecular formula is C17H30N2. The van der Waals surface area contributed by atoms with Crippen LogP contribution in [0.3, 0.4) is 0 Å². The third kappa shape index (κ3) is 2.25. The molecule has 4 saturated carbocycles. The second-order valence-electron chi connectivity index (χ2n) is 8.73. The molecule has 1 N–H and O–H groups in total. The average Bonchev–Trinajstić information content (AvgIpc) is 2.49. The van der Waals surface area contributed by atoms with Gasteiger partial charge in [-0.1, -0.05) is 13.8 Å². The number of rotatable bonds is 1. The normalized spacial score (nSPS) is 49.3. The van der Waals surface area contributed by atoms with Gasteiger partial charge in [-0.05, 0) is 61.2 Å². The van der Waals surface area contributed by atoms with Crippen molar-refractivity contribution in [3.8, 4) is 0 Å². The van der Waals surface area contributed by atoms with E-state index in [-0.39, 0.29) is 0 Å². The predicted octanol–water partition coefficient (Wildman–Crippen LogP) is 2.74. The molecule has 0 amide bonds. The van der Waals surface area contributed by atoms with Gasteiger partial charge in [-0.25, -0.2) is 0 Å². The number of hydrogen-bond donors (Lipinski definition) is 1. The van der Waals surface area contributed by atoms with Crippen molar-refractivity contribution in [1.82, 2.24) is 10.2 Å². The molecule has 4 bridgehead atoms. The quantitative estimate of drug-likeness (QED) is 0.782. The lowest BCUT2D eigenvalue weighted by molar-refractivity contribution is -0.0699. The van der Waals surface area contributed by atoms with Gasteiger partial charge >= 0.3 is 0 Å². The zero-order valence-electron chi connectivity index (χ0n) is 12.7. The molecule has 108 valence electrons. The molecule has 5 aliphatic rings. The highest BCUT2D eigenvalue weighted by Crippen LogP contribution is 2.55. The first kappa shape index (κ1) is 12.6. The van der Waals surface area contributed by atoms with Crippen molar-refractivity contribution >= 4 is 0 Å². The Morgan fingerprint density at radius 1 is 0.947 bits per heavy atom. The molecule has 0 atom stereocenters. The summed E-state index contributed by atoms with van der Waals surface area (Å²) >= 11 is 0. The van der Waals surface area contributed by atoms with Crippen LogP contribution in [0.2, 0.25) is 0 Å². The van der Waals surface area contributed by atoms with Gasteiger partial charge in [0.25, 0.3) is 0 Å². The molecule has 1 heterocycles. The Morgan fingerprint density at radius 2 is 1.58 bits per heavy atom. The standard InChI is InChI=1S/C17H30N2/c1-17(2)10-18-3-4-19(11-17)16-14-6-12-5-13(8-14)9-15(16)7-12/h12-16,18H,3-11H2,1-2H3. The highest BCUT2D eigenvalue weighted by molar-refractivity contribution is 5.03. The average molecular weight is 262 g/mol. The molecule has 1 aliphatic heterocycles. The molecule has 0 radical (unpaired) electrons. The fourth-order valence-corrected chi connectivity index (χ4v) is 6.08. The van der Waals surface area contributed by atoms with Crippen molar-refractivity contribution in [3.63, 3.8) is 0 Å². The first-order chi connectivity index (χ1) is 9.11. The summed E-state index contributed by atoms with van der Waals surface area (Å²) in [5.41, 5.74) is 0.450. The zero-order chi connectivity index (χ0) is 13.0. The van der Waals surface area contributed by atoms with Gasteiger partial charge in [0.1, 0.15) is 0 Å². The lowest BCUT2D eigenvalue weighted by Gasteiger charge is -2.57. The summed E-state index contributed by atoms with van der Waals surface area (Å²) in [5.74, 6) is 4.31. The molecule has 4 aliphatic carbocycles. The summed E-state index contributed by atoms with van der Waals surface area (Å²) in [6, 6.07) is 0.937. The minimum Gasteiger partial charge on any atom is -0.315 e. The molecule has 0 aromatic carbocycles. The zero-order valence-corrected chi connectivity index (χ0v) is 12.7. The summed E-state index contributed by atoms with van der Waals surface area (Å²) in [6.45, 7) is 9.87. The minimum absolute atomic E-state index is 0.450. The van der Waals surface area contributed by atoms with Crippen LogP contribution >= 0.6 is 0 Å². The van der Waals surface area contributed by atoms with Gasteiger partial charge in [-0.15, -0.1) is 0 Å². The second-order valence-corrected chi connectivity index (χ2v) is 8.73. The van der Waals surface area contributed by atoms with Crippen LogP contribution < -0.4 is 5.32 Å². The Hall–Kier alpha value is -0.0800. The van der Waals surface area contributed by atoms with Crippen LogP contribution in [0.4, 0.5) is 0 Å². The summed E-state index contributed by atoms with van der Waals surface area (Å²) < 4.78 is 0. The fourth-order valence-electron chi connectivity index (χ4n) is 6.08. The Bertz CT molecular complexity index is 321. The third-order valence-electron chi connectivity index (χ3n) is 6.41. The van der Waals surface area contributed by atoms with Crippen LogP contribution in [-0.2, 0) is 0 Å². The number of hydrogen-bond acceptors (Lipinski definition) is 2. The van der Waals surface area contributed by atoms with Crippen LogP contribution in [0.1, 0.15) is 46.0 Å². The largest absolute Gasteiger partial charge is 0.315 e. The Kier molecular flexibility index (Phi) is 2.97. The van der Waals surface area contributed by atoms with Crippen molar-refractivity contribution in [2.24, 2.45) is 29.1 Å². The summed E-state index contributed by atoms with van der Waals surface area (Å²) in [7, 11) is 0. The lowest BCUT2D eigenvalue weighted by atomic mass is 9.53. The van der Waals surface area contributed by atoms with Crippen molar-refractivity contribution in [3.05, 3.63) is 0 Å². The van der Waals surface area contributed by atoms with Gasteiger partial charge < -0.3 is 5.32 Å². The van der Waals surface area contributed by atoms with Crippen LogP contribution in [0.25, 0.3) is 0 Å². The maximum atomic E-state index is 3.65. The maximum Gasteiger partial charge on any atom is 0.0153 e. The van der Waals surface area contributed by atoms with Gasteiger partial charge in [-0.3, -0.25) is 4.90 Å². The van der Waals surface area contributed by atoms with Crippen LogP contribution in [-0.4, -0.2) is 37.1 Å². The van der Waals surface area contributed by atoms with Crippen molar-refractivity contribution in [1.29, 1.82) is 0 Å². The van der Waals surface area contributed by atoms with E-state index in [9.17, 15) is 0 Å². The van der Waals surface area contributed by atoms with E-state index >= 15 is 0 Å². The molecule has 0 spiro atoms. The second kappa shape index (κ2) is 4.46.